The normalized spacial score (nSPS) is 12.3. The lowest BCUT2D eigenvalue weighted by Gasteiger charge is -2.14. The number of rotatable bonds is 24. The molecular weight excluding hydrogens is 424 g/mol. The van der Waals surface area contributed by atoms with E-state index < -0.39 is 0 Å². The smallest absolute Gasteiger partial charge is 0.305 e. The molecule has 0 amide bonds. The standard InChI is InChI=1S/C30H58O4/c1-6-28(20-21-30(32)34-25-23-27(4)5)18-16-14-12-10-8-7-9-11-13-15-17-19-29(31)33-24-22-26(2)3/h26-28H,6-25H2,1-5H3. The molecule has 0 fully saturated rings. The third-order valence-electron chi connectivity index (χ3n) is 6.74. The first-order chi connectivity index (χ1) is 16.3. The van der Waals surface area contributed by atoms with E-state index in [0.29, 0.717) is 43.8 Å². The molecule has 0 spiro atoms. The monoisotopic (exact) mass is 482 g/mol. The molecule has 0 saturated heterocycles. The summed E-state index contributed by atoms with van der Waals surface area (Å²) in [6.45, 7) is 12.0. The van der Waals surface area contributed by atoms with E-state index in [1.54, 1.807) is 0 Å². The predicted octanol–water partition coefficient (Wildman–Crippen LogP) is 9.04. The van der Waals surface area contributed by atoms with E-state index in [1.807, 2.05) is 0 Å². The van der Waals surface area contributed by atoms with E-state index in [0.717, 1.165) is 32.1 Å². The quantitative estimate of drug-likeness (QED) is 0.102. The third-order valence-corrected chi connectivity index (χ3v) is 6.74. The Morgan fingerprint density at radius 2 is 0.941 bits per heavy atom. The lowest BCUT2D eigenvalue weighted by atomic mass is 9.93. The zero-order chi connectivity index (χ0) is 25.4. The Kier molecular flexibility index (Phi) is 22.9. The topological polar surface area (TPSA) is 52.6 Å². The van der Waals surface area contributed by atoms with Crippen LogP contribution < -0.4 is 0 Å². The van der Waals surface area contributed by atoms with Crippen molar-refractivity contribution >= 4 is 11.9 Å². The maximum atomic E-state index is 11.9. The molecule has 34 heavy (non-hydrogen) atoms. The van der Waals surface area contributed by atoms with Crippen molar-refractivity contribution in [3.05, 3.63) is 0 Å². The van der Waals surface area contributed by atoms with Crippen molar-refractivity contribution in [1.82, 2.24) is 0 Å². The Morgan fingerprint density at radius 3 is 1.38 bits per heavy atom. The molecule has 4 heteroatoms. The highest BCUT2D eigenvalue weighted by Crippen LogP contribution is 2.20. The van der Waals surface area contributed by atoms with Crippen LogP contribution in [0.15, 0.2) is 0 Å². The summed E-state index contributed by atoms with van der Waals surface area (Å²) in [6.07, 6.45) is 20.4. The van der Waals surface area contributed by atoms with Crippen LogP contribution >= 0.6 is 0 Å². The fourth-order valence-electron chi connectivity index (χ4n) is 4.13. The molecule has 0 aromatic carbocycles. The summed E-state index contributed by atoms with van der Waals surface area (Å²) in [5, 5.41) is 0. The molecule has 0 aromatic rings. The average molecular weight is 483 g/mol. The summed E-state index contributed by atoms with van der Waals surface area (Å²) in [5.41, 5.74) is 0. The molecule has 0 N–H and O–H groups in total. The van der Waals surface area contributed by atoms with Gasteiger partial charge in [0.05, 0.1) is 13.2 Å². The van der Waals surface area contributed by atoms with Crippen molar-refractivity contribution < 1.29 is 19.1 Å². The predicted molar refractivity (Wildman–Crippen MR) is 144 cm³/mol. The summed E-state index contributed by atoms with van der Waals surface area (Å²) in [4.78, 5) is 23.5. The number of unbranched alkanes of at least 4 members (excludes halogenated alkanes) is 10. The minimum atomic E-state index is -0.0227. The van der Waals surface area contributed by atoms with Gasteiger partial charge in [-0.05, 0) is 43.4 Å². The minimum absolute atomic E-state index is 0.0151. The summed E-state index contributed by atoms with van der Waals surface area (Å²) < 4.78 is 10.6. The molecule has 0 bridgehead atoms. The van der Waals surface area contributed by atoms with Gasteiger partial charge in [0.1, 0.15) is 0 Å². The lowest BCUT2D eigenvalue weighted by molar-refractivity contribution is -0.145. The highest BCUT2D eigenvalue weighted by Gasteiger charge is 2.11. The molecule has 202 valence electrons. The van der Waals surface area contributed by atoms with Gasteiger partial charge < -0.3 is 9.47 Å². The molecule has 4 nitrogen and oxygen atoms in total. The molecule has 0 heterocycles. The number of hydrogen-bond donors (Lipinski definition) is 0. The van der Waals surface area contributed by atoms with Gasteiger partial charge in [0.15, 0.2) is 0 Å². The summed E-state index contributed by atoms with van der Waals surface area (Å²) >= 11 is 0. The van der Waals surface area contributed by atoms with Gasteiger partial charge in [-0.1, -0.05) is 112 Å². The van der Waals surface area contributed by atoms with Gasteiger partial charge in [-0.25, -0.2) is 0 Å². The van der Waals surface area contributed by atoms with E-state index in [9.17, 15) is 9.59 Å². The van der Waals surface area contributed by atoms with Gasteiger partial charge in [0.2, 0.25) is 0 Å². The summed E-state index contributed by atoms with van der Waals surface area (Å²) in [5.74, 6) is 1.81. The van der Waals surface area contributed by atoms with Crippen LogP contribution in [-0.2, 0) is 19.1 Å². The zero-order valence-corrected chi connectivity index (χ0v) is 23.5. The molecule has 0 saturated carbocycles. The van der Waals surface area contributed by atoms with Crippen LogP contribution in [0.1, 0.15) is 150 Å². The van der Waals surface area contributed by atoms with Crippen LogP contribution in [0.25, 0.3) is 0 Å². The van der Waals surface area contributed by atoms with Gasteiger partial charge in [-0.3, -0.25) is 9.59 Å². The maximum absolute atomic E-state index is 11.9. The van der Waals surface area contributed by atoms with Crippen LogP contribution in [0.2, 0.25) is 0 Å². The van der Waals surface area contributed by atoms with E-state index in [4.69, 9.17) is 9.47 Å². The number of hydrogen-bond acceptors (Lipinski definition) is 4. The largest absolute Gasteiger partial charge is 0.466 e. The number of ether oxygens (including phenoxy) is 2. The van der Waals surface area contributed by atoms with Crippen molar-refractivity contribution in [2.75, 3.05) is 13.2 Å². The van der Waals surface area contributed by atoms with Crippen molar-refractivity contribution in [1.29, 1.82) is 0 Å². The van der Waals surface area contributed by atoms with Gasteiger partial charge in [-0.2, -0.15) is 0 Å². The molecule has 0 aromatic heterocycles. The number of carbonyl (C=O) groups is 2. The van der Waals surface area contributed by atoms with E-state index in [-0.39, 0.29) is 11.9 Å². The fourth-order valence-corrected chi connectivity index (χ4v) is 4.13. The first-order valence-electron chi connectivity index (χ1n) is 14.7. The highest BCUT2D eigenvalue weighted by atomic mass is 16.5. The molecule has 0 aliphatic carbocycles. The SMILES string of the molecule is CCC(CCCCCCCCCCCCCC(=O)OCCC(C)C)CCC(=O)OCCC(C)C. The molecule has 1 unspecified atom stereocenters. The lowest BCUT2D eigenvalue weighted by Crippen LogP contribution is -2.10. The molecular formula is C30H58O4. The van der Waals surface area contributed by atoms with Gasteiger partial charge >= 0.3 is 11.9 Å². The fraction of sp³-hybridized carbons (Fsp3) is 0.933. The van der Waals surface area contributed by atoms with Gasteiger partial charge in [-0.15, -0.1) is 0 Å². The third kappa shape index (κ3) is 24.1. The Bertz CT molecular complexity index is 472. The van der Waals surface area contributed by atoms with Crippen molar-refractivity contribution in [2.24, 2.45) is 17.8 Å². The number of esters is 2. The molecule has 0 radical (unpaired) electrons. The minimum Gasteiger partial charge on any atom is -0.466 e. The van der Waals surface area contributed by atoms with Crippen molar-refractivity contribution in [3.63, 3.8) is 0 Å². The van der Waals surface area contributed by atoms with Crippen molar-refractivity contribution in [3.8, 4) is 0 Å². The Hall–Kier alpha value is -1.06. The molecule has 0 aliphatic heterocycles. The summed E-state index contributed by atoms with van der Waals surface area (Å²) in [6, 6.07) is 0. The maximum Gasteiger partial charge on any atom is 0.305 e. The Morgan fingerprint density at radius 1 is 0.529 bits per heavy atom. The second-order valence-corrected chi connectivity index (χ2v) is 11.0. The Labute approximate surface area is 212 Å². The van der Waals surface area contributed by atoms with E-state index in [1.165, 1.54) is 70.6 Å². The second-order valence-electron chi connectivity index (χ2n) is 11.0. The second kappa shape index (κ2) is 23.7. The van der Waals surface area contributed by atoms with E-state index >= 15 is 0 Å². The average Bonchev–Trinajstić information content (AvgIpc) is 2.78. The first kappa shape index (κ1) is 32.9. The van der Waals surface area contributed by atoms with Gasteiger partial charge in [0, 0.05) is 12.8 Å². The zero-order valence-electron chi connectivity index (χ0n) is 23.5. The highest BCUT2D eigenvalue weighted by molar-refractivity contribution is 5.69. The van der Waals surface area contributed by atoms with Crippen LogP contribution in [0.3, 0.4) is 0 Å². The molecule has 0 rings (SSSR count). The van der Waals surface area contributed by atoms with Crippen molar-refractivity contribution in [2.45, 2.75) is 150 Å². The Balaban J connectivity index is 3.42. The molecule has 1 atom stereocenters. The van der Waals surface area contributed by atoms with Crippen LogP contribution in [0.5, 0.6) is 0 Å². The van der Waals surface area contributed by atoms with Crippen LogP contribution in [-0.4, -0.2) is 25.2 Å². The van der Waals surface area contributed by atoms with Gasteiger partial charge in [0.25, 0.3) is 0 Å². The summed E-state index contributed by atoms with van der Waals surface area (Å²) in [7, 11) is 0. The first-order valence-corrected chi connectivity index (χ1v) is 14.7. The molecule has 0 aliphatic rings. The van der Waals surface area contributed by atoms with E-state index in [2.05, 4.69) is 34.6 Å². The van der Waals surface area contributed by atoms with Crippen LogP contribution in [0, 0.1) is 17.8 Å². The number of carbonyl (C=O) groups excluding carboxylic acids is 2. The van der Waals surface area contributed by atoms with Crippen LogP contribution in [0.4, 0.5) is 0 Å².